The summed E-state index contributed by atoms with van der Waals surface area (Å²) in [4.78, 5) is 14.1. The molecule has 0 atom stereocenters. The van der Waals surface area contributed by atoms with Crippen LogP contribution in [0, 0.1) is 3.57 Å². The van der Waals surface area contributed by atoms with Gasteiger partial charge in [-0.3, -0.25) is 4.79 Å². The van der Waals surface area contributed by atoms with Crippen molar-refractivity contribution < 1.29 is 4.79 Å². The number of nitrogens with zero attached hydrogens (tertiary/aromatic N) is 1. The summed E-state index contributed by atoms with van der Waals surface area (Å²) >= 11 is 13.7. The number of amides is 1. The molecule has 1 rings (SSSR count). The highest BCUT2D eigenvalue weighted by Crippen LogP contribution is 2.19. The maximum absolute atomic E-state index is 12.3. The molecule has 1 aromatic rings. The number of halogens is 3. The summed E-state index contributed by atoms with van der Waals surface area (Å²) in [6.07, 6.45) is 0.804. The minimum atomic E-state index is 0.0181. The van der Waals surface area contributed by atoms with Crippen LogP contribution >= 0.6 is 45.8 Å². The Bertz CT molecular complexity index is 398. The van der Waals surface area contributed by atoms with Crippen LogP contribution in [0.15, 0.2) is 18.2 Å². The summed E-state index contributed by atoms with van der Waals surface area (Å²) in [6.45, 7) is 3.32. The van der Waals surface area contributed by atoms with Gasteiger partial charge < -0.3 is 4.90 Å². The van der Waals surface area contributed by atoms with Crippen molar-refractivity contribution in [1.29, 1.82) is 0 Å². The molecule has 0 radical (unpaired) electrons. The van der Waals surface area contributed by atoms with E-state index in [-0.39, 0.29) is 5.91 Å². The van der Waals surface area contributed by atoms with E-state index in [4.69, 9.17) is 23.2 Å². The van der Waals surface area contributed by atoms with E-state index < -0.39 is 0 Å². The molecule has 5 heteroatoms. The van der Waals surface area contributed by atoms with E-state index in [0.717, 1.165) is 9.99 Å². The number of benzene rings is 1. The third kappa shape index (κ3) is 4.30. The standard InChI is InChI=1S/C12H14Cl2INO/c1-2-16(7-3-6-13)12(17)10-8-9(14)4-5-11(10)15/h4-5,8H,2-3,6-7H2,1H3. The van der Waals surface area contributed by atoms with Crippen LogP contribution in [0.1, 0.15) is 23.7 Å². The van der Waals surface area contributed by atoms with Crippen molar-refractivity contribution in [2.75, 3.05) is 19.0 Å². The van der Waals surface area contributed by atoms with Crippen LogP contribution < -0.4 is 0 Å². The second-order valence-corrected chi connectivity index (χ2v) is 5.53. The van der Waals surface area contributed by atoms with E-state index in [1.54, 1.807) is 17.0 Å². The minimum Gasteiger partial charge on any atom is -0.339 e. The van der Waals surface area contributed by atoms with Crippen molar-refractivity contribution in [2.24, 2.45) is 0 Å². The van der Waals surface area contributed by atoms with Crippen LogP contribution in [0.2, 0.25) is 5.02 Å². The first kappa shape index (κ1) is 15.1. The van der Waals surface area contributed by atoms with Crippen molar-refractivity contribution in [1.82, 2.24) is 4.90 Å². The Balaban J connectivity index is 2.89. The number of hydrogen-bond donors (Lipinski definition) is 0. The molecule has 0 N–H and O–H groups in total. The lowest BCUT2D eigenvalue weighted by molar-refractivity contribution is 0.0764. The normalized spacial score (nSPS) is 10.4. The summed E-state index contributed by atoms with van der Waals surface area (Å²) in [6, 6.07) is 5.36. The van der Waals surface area contributed by atoms with E-state index in [2.05, 4.69) is 22.6 Å². The molecule has 2 nitrogen and oxygen atoms in total. The molecule has 0 aliphatic carbocycles. The molecule has 0 saturated heterocycles. The van der Waals surface area contributed by atoms with Gasteiger partial charge in [-0.25, -0.2) is 0 Å². The van der Waals surface area contributed by atoms with Crippen molar-refractivity contribution in [3.8, 4) is 0 Å². The molecular weight excluding hydrogens is 372 g/mol. The first-order valence-electron chi connectivity index (χ1n) is 5.40. The van der Waals surface area contributed by atoms with E-state index >= 15 is 0 Å². The number of alkyl halides is 1. The topological polar surface area (TPSA) is 20.3 Å². The van der Waals surface area contributed by atoms with E-state index in [1.807, 2.05) is 13.0 Å². The number of rotatable bonds is 5. The van der Waals surface area contributed by atoms with Gasteiger partial charge in [-0.1, -0.05) is 11.6 Å². The van der Waals surface area contributed by atoms with Crippen molar-refractivity contribution in [3.05, 3.63) is 32.4 Å². The largest absolute Gasteiger partial charge is 0.339 e. The van der Waals surface area contributed by atoms with Crippen LogP contribution in [-0.2, 0) is 0 Å². The maximum atomic E-state index is 12.3. The SMILES string of the molecule is CCN(CCCCl)C(=O)c1cc(Cl)ccc1I. The van der Waals surface area contributed by atoms with Crippen molar-refractivity contribution in [3.63, 3.8) is 0 Å². The summed E-state index contributed by atoms with van der Waals surface area (Å²) in [7, 11) is 0. The Hall–Kier alpha value is -0.000000000000000111. The lowest BCUT2D eigenvalue weighted by atomic mass is 10.2. The number of hydrogen-bond acceptors (Lipinski definition) is 1. The molecule has 94 valence electrons. The van der Waals surface area contributed by atoms with E-state index in [9.17, 15) is 4.79 Å². The second kappa shape index (κ2) is 7.44. The van der Waals surface area contributed by atoms with Gasteiger partial charge in [-0.2, -0.15) is 0 Å². The van der Waals surface area contributed by atoms with Crippen molar-refractivity contribution >= 4 is 51.7 Å². The Labute approximate surface area is 125 Å². The first-order valence-corrected chi connectivity index (χ1v) is 7.39. The van der Waals surface area contributed by atoms with Gasteiger partial charge >= 0.3 is 0 Å². The molecule has 0 bridgehead atoms. The minimum absolute atomic E-state index is 0.0181. The molecule has 0 saturated carbocycles. The highest BCUT2D eigenvalue weighted by molar-refractivity contribution is 14.1. The summed E-state index contributed by atoms with van der Waals surface area (Å²) in [5.41, 5.74) is 0.662. The number of carbonyl (C=O) groups is 1. The molecule has 0 fully saturated rings. The highest BCUT2D eigenvalue weighted by atomic mass is 127. The van der Waals surface area contributed by atoms with Gasteiger partial charge in [0, 0.05) is 27.6 Å². The van der Waals surface area contributed by atoms with Gasteiger partial charge in [0.15, 0.2) is 0 Å². The lowest BCUT2D eigenvalue weighted by Gasteiger charge is -2.21. The Morgan fingerprint density at radius 2 is 2.18 bits per heavy atom. The predicted molar refractivity (Wildman–Crippen MR) is 81.1 cm³/mol. The third-order valence-electron chi connectivity index (χ3n) is 2.39. The lowest BCUT2D eigenvalue weighted by Crippen LogP contribution is -2.32. The summed E-state index contributed by atoms with van der Waals surface area (Å²) < 4.78 is 0.918. The van der Waals surface area contributed by atoms with Crippen LogP contribution in [-0.4, -0.2) is 29.8 Å². The first-order chi connectivity index (χ1) is 8.10. The molecule has 0 spiro atoms. The van der Waals surface area contributed by atoms with Gasteiger partial charge in [0.1, 0.15) is 0 Å². The fourth-order valence-electron chi connectivity index (χ4n) is 1.49. The molecule has 17 heavy (non-hydrogen) atoms. The third-order valence-corrected chi connectivity index (χ3v) is 3.83. The van der Waals surface area contributed by atoms with Gasteiger partial charge in [-0.15, -0.1) is 11.6 Å². The molecule has 1 aromatic carbocycles. The average Bonchev–Trinajstić information content (AvgIpc) is 2.33. The van der Waals surface area contributed by atoms with Crippen molar-refractivity contribution in [2.45, 2.75) is 13.3 Å². The molecule has 1 amide bonds. The fourth-order valence-corrected chi connectivity index (χ4v) is 2.34. The van der Waals surface area contributed by atoms with Gasteiger partial charge in [0.05, 0.1) is 5.56 Å². The Morgan fingerprint density at radius 3 is 2.76 bits per heavy atom. The zero-order chi connectivity index (χ0) is 12.8. The quantitative estimate of drug-likeness (QED) is 0.553. The second-order valence-electron chi connectivity index (χ2n) is 3.55. The van der Waals surface area contributed by atoms with Gasteiger partial charge in [0.25, 0.3) is 5.91 Å². The fraction of sp³-hybridized carbons (Fsp3) is 0.417. The molecule has 0 aromatic heterocycles. The molecule has 0 heterocycles. The van der Waals surface area contributed by atoms with Crippen LogP contribution in [0.4, 0.5) is 0 Å². The Morgan fingerprint density at radius 1 is 1.47 bits per heavy atom. The van der Waals surface area contributed by atoms with E-state index in [0.29, 0.717) is 29.6 Å². The maximum Gasteiger partial charge on any atom is 0.254 e. The molecular formula is C12H14Cl2INO. The zero-order valence-corrected chi connectivity index (χ0v) is 13.2. The van der Waals surface area contributed by atoms with Crippen LogP contribution in [0.3, 0.4) is 0 Å². The van der Waals surface area contributed by atoms with Gasteiger partial charge in [-0.05, 0) is 54.1 Å². The summed E-state index contributed by atoms with van der Waals surface area (Å²) in [5, 5.41) is 0.585. The molecule has 0 unspecified atom stereocenters. The smallest absolute Gasteiger partial charge is 0.254 e. The highest BCUT2D eigenvalue weighted by Gasteiger charge is 2.16. The van der Waals surface area contributed by atoms with Crippen LogP contribution in [0.5, 0.6) is 0 Å². The predicted octanol–water partition coefficient (Wildman–Crippen LogP) is 4.04. The van der Waals surface area contributed by atoms with Gasteiger partial charge in [0.2, 0.25) is 0 Å². The average molecular weight is 386 g/mol. The summed E-state index contributed by atoms with van der Waals surface area (Å²) in [5.74, 6) is 0.584. The monoisotopic (exact) mass is 385 g/mol. The number of carbonyl (C=O) groups excluding carboxylic acids is 1. The molecule has 0 aliphatic heterocycles. The van der Waals surface area contributed by atoms with E-state index in [1.165, 1.54) is 0 Å². The van der Waals surface area contributed by atoms with Crippen LogP contribution in [0.25, 0.3) is 0 Å². The Kier molecular flexibility index (Phi) is 6.59. The molecule has 0 aliphatic rings. The zero-order valence-electron chi connectivity index (χ0n) is 9.55.